The molecule has 8 atom stereocenters. The first-order valence-corrected chi connectivity index (χ1v) is 15.8. The maximum atomic E-state index is 13.8. The van der Waals surface area contributed by atoms with Crippen LogP contribution in [0, 0.1) is 23.7 Å². The first kappa shape index (κ1) is 36.0. The smallest absolute Gasteiger partial charge is 0.308 e. The summed E-state index contributed by atoms with van der Waals surface area (Å²) in [6.07, 6.45) is 0.760. The van der Waals surface area contributed by atoms with Crippen molar-refractivity contribution in [3.63, 3.8) is 0 Å². The fraction of sp³-hybridized carbons (Fsp3) is 0.806. The summed E-state index contributed by atoms with van der Waals surface area (Å²) in [5, 5.41) is 8.44. The van der Waals surface area contributed by atoms with Gasteiger partial charge in [0.05, 0.1) is 6.42 Å². The van der Waals surface area contributed by atoms with E-state index in [1.54, 1.807) is 6.92 Å². The molecule has 244 valence electrons. The number of rotatable bonds is 6. The fourth-order valence-electron chi connectivity index (χ4n) is 5.51. The Labute approximate surface area is 256 Å². The van der Waals surface area contributed by atoms with Gasteiger partial charge in [-0.1, -0.05) is 61.3 Å². The van der Waals surface area contributed by atoms with Crippen molar-refractivity contribution in [2.24, 2.45) is 23.7 Å². The number of nitrogens with zero attached hydrogens (tertiary/aromatic N) is 2. The van der Waals surface area contributed by atoms with E-state index in [9.17, 15) is 28.8 Å². The van der Waals surface area contributed by atoms with Crippen molar-refractivity contribution < 1.29 is 33.5 Å². The van der Waals surface area contributed by atoms with Gasteiger partial charge in [-0.25, -0.2) is 0 Å². The SMILES string of the molecule is CC[C@H](C)C1NC(=O)[C@H]([C@@H](C)CC)NC(=O)[C@@H]2[C@@H](C)CCN2C(=O)[C@@H](CC(C)C)OC(=O)CCNC(=O)[C@H](C)N(C)C1=O. The number of ether oxygens (including phenoxy) is 1. The summed E-state index contributed by atoms with van der Waals surface area (Å²) >= 11 is 0. The molecule has 0 aromatic rings. The minimum Gasteiger partial charge on any atom is -0.452 e. The summed E-state index contributed by atoms with van der Waals surface area (Å²) in [6.45, 7) is 15.0. The number of fused-ring (bicyclic) bond motifs is 1. The van der Waals surface area contributed by atoms with E-state index in [4.69, 9.17) is 4.74 Å². The third-order valence-corrected chi connectivity index (χ3v) is 8.99. The van der Waals surface area contributed by atoms with Gasteiger partial charge in [-0.2, -0.15) is 0 Å². The van der Waals surface area contributed by atoms with Gasteiger partial charge < -0.3 is 30.5 Å². The van der Waals surface area contributed by atoms with E-state index in [1.807, 2.05) is 48.5 Å². The number of hydrogen-bond donors (Lipinski definition) is 3. The average molecular weight is 608 g/mol. The minimum atomic E-state index is -1.08. The zero-order chi connectivity index (χ0) is 32.6. The lowest BCUT2D eigenvalue weighted by Gasteiger charge is -2.34. The normalized spacial score (nSPS) is 30.4. The van der Waals surface area contributed by atoms with Gasteiger partial charge in [-0.05, 0) is 43.4 Å². The maximum absolute atomic E-state index is 13.8. The molecule has 2 rings (SSSR count). The largest absolute Gasteiger partial charge is 0.452 e. The summed E-state index contributed by atoms with van der Waals surface area (Å²) in [7, 11) is 1.50. The fourth-order valence-corrected chi connectivity index (χ4v) is 5.51. The van der Waals surface area contributed by atoms with Crippen LogP contribution in [0.15, 0.2) is 0 Å². The van der Waals surface area contributed by atoms with Crippen LogP contribution < -0.4 is 16.0 Å². The van der Waals surface area contributed by atoms with Gasteiger partial charge in [0.15, 0.2) is 6.10 Å². The molecule has 2 aliphatic rings. The molecule has 2 saturated heterocycles. The maximum Gasteiger partial charge on any atom is 0.308 e. The summed E-state index contributed by atoms with van der Waals surface area (Å²) in [5.74, 6) is -3.65. The molecule has 0 saturated carbocycles. The van der Waals surface area contributed by atoms with Gasteiger partial charge in [-0.3, -0.25) is 28.8 Å². The Bertz CT molecular complexity index is 1030. The van der Waals surface area contributed by atoms with Crippen LogP contribution in [0.1, 0.15) is 87.5 Å². The summed E-state index contributed by atoms with van der Waals surface area (Å²) in [4.78, 5) is 83.4. The highest BCUT2D eigenvalue weighted by Crippen LogP contribution is 2.27. The van der Waals surface area contributed by atoms with Crippen molar-refractivity contribution in [2.45, 2.75) is 118 Å². The lowest BCUT2D eigenvalue weighted by atomic mass is 9.93. The molecule has 2 heterocycles. The van der Waals surface area contributed by atoms with Crippen molar-refractivity contribution in [1.82, 2.24) is 25.8 Å². The van der Waals surface area contributed by atoms with Crippen molar-refractivity contribution in [1.29, 1.82) is 0 Å². The van der Waals surface area contributed by atoms with E-state index in [1.165, 1.54) is 16.8 Å². The average Bonchev–Trinajstić information content (AvgIpc) is 3.36. The molecule has 3 N–H and O–H groups in total. The highest BCUT2D eigenvalue weighted by Gasteiger charge is 2.44. The Balaban J connectivity index is 2.54. The van der Waals surface area contributed by atoms with Crippen LogP contribution in [0.25, 0.3) is 0 Å². The van der Waals surface area contributed by atoms with Gasteiger partial charge in [0, 0.05) is 20.1 Å². The third kappa shape index (κ3) is 9.15. The first-order valence-electron chi connectivity index (χ1n) is 15.8. The monoisotopic (exact) mass is 607 g/mol. The van der Waals surface area contributed by atoms with Crippen LogP contribution in [-0.4, -0.2) is 95.7 Å². The number of carbonyl (C=O) groups is 6. The molecule has 2 fully saturated rings. The summed E-state index contributed by atoms with van der Waals surface area (Å²) in [6, 6.07) is -3.62. The molecule has 0 radical (unpaired) electrons. The molecule has 12 nitrogen and oxygen atoms in total. The van der Waals surface area contributed by atoms with E-state index in [0.717, 1.165) is 0 Å². The van der Waals surface area contributed by atoms with Crippen molar-refractivity contribution >= 4 is 35.5 Å². The van der Waals surface area contributed by atoms with Gasteiger partial charge in [0.2, 0.25) is 23.6 Å². The van der Waals surface area contributed by atoms with Crippen molar-refractivity contribution in [2.75, 3.05) is 20.1 Å². The quantitative estimate of drug-likeness (QED) is 0.388. The topological polar surface area (TPSA) is 154 Å². The molecule has 43 heavy (non-hydrogen) atoms. The highest BCUT2D eigenvalue weighted by atomic mass is 16.5. The Morgan fingerprint density at radius 2 is 1.42 bits per heavy atom. The predicted octanol–water partition coefficient (Wildman–Crippen LogP) is 1.61. The van der Waals surface area contributed by atoms with E-state index in [2.05, 4.69) is 16.0 Å². The highest BCUT2D eigenvalue weighted by molar-refractivity contribution is 5.96. The molecule has 1 unspecified atom stereocenters. The first-order chi connectivity index (χ1) is 20.1. The summed E-state index contributed by atoms with van der Waals surface area (Å²) in [5.41, 5.74) is 0. The third-order valence-electron chi connectivity index (χ3n) is 8.99. The van der Waals surface area contributed by atoms with E-state index >= 15 is 0 Å². The lowest BCUT2D eigenvalue weighted by molar-refractivity contribution is -0.162. The van der Waals surface area contributed by atoms with Crippen LogP contribution in [0.4, 0.5) is 0 Å². The lowest BCUT2D eigenvalue weighted by Crippen LogP contribution is -2.61. The Morgan fingerprint density at radius 3 is 2.00 bits per heavy atom. The molecule has 0 aromatic carbocycles. The minimum absolute atomic E-state index is 0.0289. The number of amides is 5. The Morgan fingerprint density at radius 1 is 0.837 bits per heavy atom. The number of carbonyl (C=O) groups excluding carboxylic acids is 6. The second kappa shape index (κ2) is 16.0. The standard InChI is InChI=1S/C31H53N5O7/c1-10-18(5)24-28(39)34-25(19(6)11-2)31(42)35(9)21(8)27(38)32-14-12-23(37)43-22(16-17(3)4)30(41)36-15-13-20(7)26(36)29(40)33-24/h17-22,24-26H,10-16H2,1-9H3,(H,32,38)(H,33,40)(H,34,39)/t18-,19-,20-,21-,22+,24-,25?,26-/m0/s1. The van der Waals surface area contributed by atoms with Crippen LogP contribution in [0.3, 0.4) is 0 Å². The molecule has 5 amide bonds. The number of esters is 1. The molecule has 2 aliphatic heterocycles. The van der Waals surface area contributed by atoms with Crippen LogP contribution in [-0.2, 0) is 33.5 Å². The van der Waals surface area contributed by atoms with Gasteiger partial charge in [0.1, 0.15) is 24.2 Å². The molecule has 12 heteroatoms. The van der Waals surface area contributed by atoms with Crippen LogP contribution in [0.2, 0.25) is 0 Å². The van der Waals surface area contributed by atoms with Gasteiger partial charge >= 0.3 is 5.97 Å². The molecule has 0 aliphatic carbocycles. The number of cyclic esters (lactones) is 1. The summed E-state index contributed by atoms with van der Waals surface area (Å²) < 4.78 is 5.62. The zero-order valence-electron chi connectivity index (χ0n) is 27.4. The van der Waals surface area contributed by atoms with Crippen LogP contribution in [0.5, 0.6) is 0 Å². The van der Waals surface area contributed by atoms with Crippen molar-refractivity contribution in [3.05, 3.63) is 0 Å². The Hall–Kier alpha value is -3.18. The number of hydrogen-bond acceptors (Lipinski definition) is 7. The van der Waals surface area contributed by atoms with Crippen LogP contribution >= 0.6 is 0 Å². The van der Waals surface area contributed by atoms with Gasteiger partial charge in [0.25, 0.3) is 5.91 Å². The molecular formula is C31H53N5O7. The predicted molar refractivity (Wildman–Crippen MR) is 161 cm³/mol. The number of likely N-dealkylation sites (N-methyl/N-ethyl adjacent to an activating group) is 1. The van der Waals surface area contributed by atoms with Gasteiger partial charge in [-0.15, -0.1) is 0 Å². The molecule has 0 spiro atoms. The second-order valence-electron chi connectivity index (χ2n) is 12.8. The molecule has 0 aromatic heterocycles. The molecule has 0 bridgehead atoms. The van der Waals surface area contributed by atoms with E-state index in [0.29, 0.717) is 25.8 Å². The Kier molecular flexibility index (Phi) is 13.4. The number of nitrogens with one attached hydrogen (secondary N) is 3. The zero-order valence-corrected chi connectivity index (χ0v) is 27.4. The second-order valence-corrected chi connectivity index (χ2v) is 12.8. The van der Waals surface area contributed by atoms with E-state index in [-0.39, 0.29) is 43.1 Å². The van der Waals surface area contributed by atoms with Crippen molar-refractivity contribution in [3.8, 4) is 0 Å². The molecular weight excluding hydrogens is 554 g/mol. The van der Waals surface area contributed by atoms with E-state index < -0.39 is 65.8 Å².